The zero-order valence-corrected chi connectivity index (χ0v) is 34.2. The molecule has 2 unspecified atom stereocenters. The van der Waals surface area contributed by atoms with Crippen LogP contribution >= 0.6 is 0 Å². The van der Waals surface area contributed by atoms with Crippen LogP contribution in [-0.4, -0.2) is 114 Å². The molecule has 326 valence electrons. The van der Waals surface area contributed by atoms with Gasteiger partial charge < -0.3 is 30.0 Å². The van der Waals surface area contributed by atoms with Gasteiger partial charge >= 0.3 is 6.18 Å². The minimum Gasteiger partial charge on any atom is -0.385 e. The maximum Gasteiger partial charge on any atom is 0.416 e. The predicted octanol–water partition coefficient (Wildman–Crippen LogP) is 4.73. The van der Waals surface area contributed by atoms with Gasteiger partial charge in [0.15, 0.2) is 5.65 Å². The first kappa shape index (κ1) is 44.7. The number of rotatable bonds is 21. The Kier molecular flexibility index (Phi) is 15.1. The third-order valence-electron chi connectivity index (χ3n) is 10.7. The van der Waals surface area contributed by atoms with Crippen molar-refractivity contribution in [1.29, 1.82) is 0 Å². The van der Waals surface area contributed by atoms with Crippen LogP contribution in [0.3, 0.4) is 0 Å². The number of imide groups is 1. The van der Waals surface area contributed by atoms with Crippen LogP contribution in [0.15, 0.2) is 66.4 Å². The summed E-state index contributed by atoms with van der Waals surface area (Å²) in [6.07, 6.45) is 4.59. The SMILES string of the molecule is CN(Cc1c(C=O)cccc1NCCCCC(=O)NCCOCCOCCNC(=O)c1ccc2c(c1)c1cn(C)nc1n2C1C=CC(C(F)(F)F)=CC1)C1CCC(=O)NC1=O. The normalized spacial score (nSPS) is 16.9. The number of hydrogen-bond donors (Lipinski definition) is 4. The van der Waals surface area contributed by atoms with E-state index in [9.17, 15) is 37.1 Å². The largest absolute Gasteiger partial charge is 0.416 e. The highest BCUT2D eigenvalue weighted by Crippen LogP contribution is 2.37. The number of aryl methyl sites for hydroxylation is 1. The lowest BCUT2D eigenvalue weighted by molar-refractivity contribution is -0.137. The Hall–Kier alpha value is -5.85. The van der Waals surface area contributed by atoms with Crippen molar-refractivity contribution in [2.45, 2.75) is 63.3 Å². The molecule has 4 aromatic rings. The van der Waals surface area contributed by atoms with Crippen LogP contribution in [0.1, 0.15) is 70.8 Å². The summed E-state index contributed by atoms with van der Waals surface area (Å²) < 4.78 is 54.3. The van der Waals surface area contributed by atoms with E-state index in [1.165, 1.54) is 12.2 Å². The van der Waals surface area contributed by atoms with Crippen molar-refractivity contribution in [2.24, 2.45) is 7.05 Å². The van der Waals surface area contributed by atoms with Crippen molar-refractivity contribution in [3.63, 3.8) is 0 Å². The second kappa shape index (κ2) is 20.6. The summed E-state index contributed by atoms with van der Waals surface area (Å²) in [6.45, 7) is 2.72. The summed E-state index contributed by atoms with van der Waals surface area (Å²) in [5.41, 5.74) is 3.20. The molecule has 0 saturated carbocycles. The van der Waals surface area contributed by atoms with Crippen molar-refractivity contribution >= 4 is 57.5 Å². The Labute approximate surface area is 350 Å². The standard InChI is InChI=1S/C43H51F3N8O7/c1-52(37-15-16-39(57)50-42(37)59)25-33-29(27-55)6-5-7-35(33)47-17-4-3-8-38(56)48-18-20-60-22-23-61-21-19-49-41(58)28-9-14-36-32(24-28)34-26-53(2)51-40(34)54(36)31-12-10-30(11-13-31)43(44,45)46/h5-7,9-12,14,24,26-27,31,37,47H,3-4,8,13,15-23,25H2,1-2H3,(H,48,56)(H,49,58)(H,50,57,59). The van der Waals surface area contributed by atoms with Crippen molar-refractivity contribution < 1.29 is 46.6 Å². The highest BCUT2D eigenvalue weighted by atomic mass is 19.4. The molecular weight excluding hydrogens is 798 g/mol. The zero-order valence-electron chi connectivity index (χ0n) is 34.2. The Morgan fingerprint density at radius 2 is 1.79 bits per heavy atom. The van der Waals surface area contributed by atoms with Gasteiger partial charge in [0.25, 0.3) is 5.91 Å². The number of benzene rings is 2. The number of nitrogens with one attached hydrogen (secondary N) is 4. The molecule has 1 aliphatic carbocycles. The lowest BCUT2D eigenvalue weighted by Crippen LogP contribution is -2.51. The van der Waals surface area contributed by atoms with Crippen LogP contribution in [0.25, 0.3) is 21.9 Å². The molecule has 2 aliphatic rings. The summed E-state index contributed by atoms with van der Waals surface area (Å²) in [6, 6.07) is 9.80. The second-order valence-corrected chi connectivity index (χ2v) is 15.0. The summed E-state index contributed by atoms with van der Waals surface area (Å²) in [5, 5.41) is 17.5. The second-order valence-electron chi connectivity index (χ2n) is 15.0. The Morgan fingerprint density at radius 1 is 1.02 bits per heavy atom. The van der Waals surface area contributed by atoms with Gasteiger partial charge in [-0.05, 0) is 62.6 Å². The zero-order chi connectivity index (χ0) is 43.5. The van der Waals surface area contributed by atoms with E-state index in [1.54, 1.807) is 49.1 Å². The van der Waals surface area contributed by atoms with E-state index in [-0.39, 0.29) is 55.7 Å². The van der Waals surface area contributed by atoms with Gasteiger partial charge in [-0.25, -0.2) is 0 Å². The molecule has 15 nitrogen and oxygen atoms in total. The molecule has 0 radical (unpaired) electrons. The number of alkyl halides is 3. The monoisotopic (exact) mass is 848 g/mol. The highest BCUT2D eigenvalue weighted by Gasteiger charge is 2.34. The Bertz CT molecular complexity index is 2300. The number of aromatic nitrogens is 3. The van der Waals surface area contributed by atoms with Crippen molar-refractivity contribution in [3.8, 4) is 0 Å². The van der Waals surface area contributed by atoms with Crippen LogP contribution in [0.4, 0.5) is 18.9 Å². The van der Waals surface area contributed by atoms with Crippen LogP contribution in [0.5, 0.6) is 0 Å². The molecule has 0 bridgehead atoms. The maximum absolute atomic E-state index is 13.2. The first-order valence-corrected chi connectivity index (χ1v) is 20.3. The van der Waals surface area contributed by atoms with Gasteiger partial charge in [-0.15, -0.1) is 0 Å². The fourth-order valence-corrected chi connectivity index (χ4v) is 7.57. The van der Waals surface area contributed by atoms with Gasteiger partial charge in [-0.3, -0.25) is 38.9 Å². The number of fused-ring (bicyclic) bond motifs is 3. The number of ether oxygens (including phenoxy) is 2. The molecule has 4 N–H and O–H groups in total. The predicted molar refractivity (Wildman–Crippen MR) is 222 cm³/mol. The van der Waals surface area contributed by atoms with Crippen LogP contribution in [0, 0.1) is 0 Å². The summed E-state index contributed by atoms with van der Waals surface area (Å²) in [5.74, 6) is -1.00. The van der Waals surface area contributed by atoms with Crippen LogP contribution in [0.2, 0.25) is 0 Å². The van der Waals surface area contributed by atoms with E-state index >= 15 is 0 Å². The number of aldehydes is 1. The van der Waals surface area contributed by atoms with Gasteiger partial charge in [-0.2, -0.15) is 18.3 Å². The van der Waals surface area contributed by atoms with E-state index in [0.29, 0.717) is 81.9 Å². The van der Waals surface area contributed by atoms with Gasteiger partial charge in [-0.1, -0.05) is 30.4 Å². The van der Waals surface area contributed by atoms with Crippen LogP contribution in [-0.2, 0) is 37.4 Å². The summed E-state index contributed by atoms with van der Waals surface area (Å²) in [7, 11) is 3.56. The maximum atomic E-state index is 13.2. The van der Waals surface area contributed by atoms with E-state index in [2.05, 4.69) is 26.4 Å². The number of carbonyl (C=O) groups excluding carboxylic acids is 5. The topological polar surface area (TPSA) is 178 Å². The molecule has 2 atom stereocenters. The molecule has 1 saturated heterocycles. The quantitative estimate of drug-likeness (QED) is 0.0521. The molecule has 0 spiro atoms. The molecule has 2 aromatic carbocycles. The van der Waals surface area contributed by atoms with Crippen molar-refractivity contribution in [2.75, 3.05) is 58.4 Å². The average Bonchev–Trinajstić information content (AvgIpc) is 3.75. The number of unbranched alkanes of at least 4 members (excludes halogenated alkanes) is 1. The third-order valence-corrected chi connectivity index (χ3v) is 10.7. The molecule has 6 rings (SSSR count). The number of anilines is 1. The summed E-state index contributed by atoms with van der Waals surface area (Å²) >= 11 is 0. The first-order chi connectivity index (χ1) is 29.3. The fourth-order valence-electron chi connectivity index (χ4n) is 7.57. The molecule has 2 aromatic heterocycles. The number of likely N-dealkylation sites (N-methyl/N-ethyl adjacent to an activating group) is 1. The van der Waals surface area contributed by atoms with Crippen molar-refractivity contribution in [3.05, 3.63) is 83.1 Å². The van der Waals surface area contributed by atoms with E-state index in [0.717, 1.165) is 39.9 Å². The highest BCUT2D eigenvalue weighted by molar-refractivity contribution is 6.09. The minimum atomic E-state index is -4.40. The van der Waals surface area contributed by atoms with Crippen molar-refractivity contribution in [1.82, 2.24) is 35.2 Å². The summed E-state index contributed by atoms with van der Waals surface area (Å²) in [4.78, 5) is 62.9. The van der Waals surface area contributed by atoms with Gasteiger partial charge in [0, 0.05) is 79.9 Å². The number of piperidine rings is 1. The molecule has 3 heterocycles. The molecule has 61 heavy (non-hydrogen) atoms. The fraction of sp³-hybridized carbons (Fsp3) is 0.442. The number of amides is 4. The average molecular weight is 849 g/mol. The lowest BCUT2D eigenvalue weighted by atomic mass is 10.0. The smallest absolute Gasteiger partial charge is 0.385 e. The molecule has 4 amide bonds. The molecular formula is C43H51F3N8O7. The van der Waals surface area contributed by atoms with Crippen LogP contribution < -0.4 is 21.3 Å². The molecule has 1 aliphatic heterocycles. The number of allylic oxidation sites excluding steroid dienone is 4. The Morgan fingerprint density at radius 3 is 2.49 bits per heavy atom. The van der Waals surface area contributed by atoms with E-state index < -0.39 is 17.8 Å². The number of carbonyl (C=O) groups is 5. The third kappa shape index (κ3) is 11.5. The number of halogens is 3. The van der Waals surface area contributed by atoms with Gasteiger partial charge in [0.2, 0.25) is 17.7 Å². The minimum absolute atomic E-state index is 0.0894. The van der Waals surface area contributed by atoms with Gasteiger partial charge in [0.05, 0.1) is 49.6 Å². The van der Waals surface area contributed by atoms with E-state index in [1.807, 2.05) is 21.7 Å². The van der Waals surface area contributed by atoms with E-state index in [4.69, 9.17) is 9.47 Å². The number of hydrogen-bond acceptors (Lipinski definition) is 10. The molecule has 18 heteroatoms. The van der Waals surface area contributed by atoms with Gasteiger partial charge in [0.1, 0.15) is 6.29 Å². The first-order valence-electron chi connectivity index (χ1n) is 20.3. The lowest BCUT2D eigenvalue weighted by Gasteiger charge is -2.30. The Balaban J connectivity index is 0.828. The molecule has 1 fully saturated rings. The number of nitrogens with zero attached hydrogens (tertiary/aromatic N) is 4.